The minimum absolute atomic E-state index is 0.0828. The molecule has 1 fully saturated rings. The molecule has 1 aliphatic heterocycles. The Morgan fingerprint density at radius 3 is 2.52 bits per heavy atom. The van der Waals surface area contributed by atoms with E-state index in [9.17, 15) is 18.6 Å². The molecule has 1 aliphatic rings. The molecular formula is C19H23ClN2O4S. The maximum atomic E-state index is 12.7. The van der Waals surface area contributed by atoms with Gasteiger partial charge in [-0.15, -0.1) is 0 Å². The van der Waals surface area contributed by atoms with Gasteiger partial charge in [-0.05, 0) is 36.7 Å². The summed E-state index contributed by atoms with van der Waals surface area (Å²) in [7, 11) is -3.75. The second-order valence-corrected chi connectivity index (χ2v) is 9.09. The van der Waals surface area contributed by atoms with Crippen LogP contribution in [0.1, 0.15) is 5.56 Å². The smallest absolute Gasteiger partial charge is 0.243 e. The highest BCUT2D eigenvalue weighted by atomic mass is 35.5. The highest BCUT2D eigenvalue weighted by molar-refractivity contribution is 7.89. The van der Waals surface area contributed by atoms with Crippen LogP contribution >= 0.6 is 11.6 Å². The van der Waals surface area contributed by atoms with Crippen molar-refractivity contribution in [1.29, 1.82) is 0 Å². The van der Waals surface area contributed by atoms with Crippen LogP contribution in [0.15, 0.2) is 59.5 Å². The number of aliphatic hydroxyl groups is 2. The lowest BCUT2D eigenvalue weighted by atomic mass is 10.0. The van der Waals surface area contributed by atoms with Crippen molar-refractivity contribution >= 4 is 21.6 Å². The molecule has 1 heterocycles. The summed E-state index contributed by atoms with van der Waals surface area (Å²) in [5, 5.41) is 24.8. The van der Waals surface area contributed by atoms with Crippen molar-refractivity contribution in [2.75, 3.05) is 26.2 Å². The van der Waals surface area contributed by atoms with E-state index in [1.807, 2.05) is 24.3 Å². The van der Waals surface area contributed by atoms with Crippen molar-refractivity contribution in [2.24, 2.45) is 0 Å². The highest BCUT2D eigenvalue weighted by Crippen LogP contribution is 2.27. The van der Waals surface area contributed by atoms with Crippen LogP contribution in [0.5, 0.6) is 0 Å². The van der Waals surface area contributed by atoms with E-state index < -0.39 is 21.7 Å². The summed E-state index contributed by atoms with van der Waals surface area (Å²) in [6.07, 6.45) is -0.499. The molecule has 0 aliphatic carbocycles. The summed E-state index contributed by atoms with van der Waals surface area (Å²) in [5.41, 5.74) is -0.554. The van der Waals surface area contributed by atoms with Crippen molar-refractivity contribution in [3.05, 3.63) is 65.2 Å². The number of β-amino-alcohol motifs (C(OH)–C–C–N with tert-alkyl or cyclic N) is 2. The van der Waals surface area contributed by atoms with Gasteiger partial charge in [0, 0.05) is 24.7 Å². The number of sulfonamides is 1. The SMILES string of the molecule is O=S(=O)(c1ccccc1)N1C[C@@H](O)[C@](O)(CNCCc2ccccc2Cl)C1. The Morgan fingerprint density at radius 1 is 1.15 bits per heavy atom. The standard InChI is InChI=1S/C19H23ClN2O4S/c20-17-9-5-4-6-15(17)10-11-21-13-19(24)14-22(12-18(19)23)27(25,26)16-7-2-1-3-8-16/h1-9,18,21,23-24H,10-14H2/t18-,19+/m1/s1. The lowest BCUT2D eigenvalue weighted by molar-refractivity contribution is -0.0380. The van der Waals surface area contributed by atoms with Crippen molar-refractivity contribution in [3.8, 4) is 0 Å². The predicted octanol–water partition coefficient (Wildman–Crippen LogP) is 1.27. The zero-order valence-electron chi connectivity index (χ0n) is 14.8. The maximum Gasteiger partial charge on any atom is 0.243 e. The highest BCUT2D eigenvalue weighted by Gasteiger charge is 2.48. The molecule has 2 atom stereocenters. The van der Waals surface area contributed by atoms with Crippen LogP contribution in [0.3, 0.4) is 0 Å². The predicted molar refractivity (Wildman–Crippen MR) is 104 cm³/mol. The molecular weight excluding hydrogens is 388 g/mol. The van der Waals surface area contributed by atoms with E-state index in [1.54, 1.807) is 18.2 Å². The molecule has 146 valence electrons. The van der Waals surface area contributed by atoms with Gasteiger partial charge in [0.15, 0.2) is 0 Å². The van der Waals surface area contributed by atoms with Gasteiger partial charge in [-0.3, -0.25) is 0 Å². The average Bonchev–Trinajstić information content (AvgIpc) is 2.97. The Hall–Kier alpha value is -1.48. The summed E-state index contributed by atoms with van der Waals surface area (Å²) < 4.78 is 26.5. The van der Waals surface area contributed by atoms with Crippen LogP contribution in [0.25, 0.3) is 0 Å². The molecule has 3 N–H and O–H groups in total. The number of hydrogen-bond acceptors (Lipinski definition) is 5. The fraction of sp³-hybridized carbons (Fsp3) is 0.368. The molecule has 3 rings (SSSR count). The summed E-state index contributed by atoms with van der Waals surface area (Å²) in [4.78, 5) is 0.146. The summed E-state index contributed by atoms with van der Waals surface area (Å²) >= 11 is 6.12. The van der Waals surface area contributed by atoms with Crippen LogP contribution < -0.4 is 5.32 Å². The quantitative estimate of drug-likeness (QED) is 0.598. The molecule has 0 radical (unpaired) electrons. The van der Waals surface area contributed by atoms with Crippen LogP contribution in [0.4, 0.5) is 0 Å². The third kappa shape index (κ3) is 4.51. The lowest BCUT2D eigenvalue weighted by Crippen LogP contribution is -2.50. The van der Waals surface area contributed by atoms with Crippen molar-refractivity contribution in [3.63, 3.8) is 0 Å². The Labute approximate surface area is 164 Å². The first-order valence-electron chi connectivity index (χ1n) is 8.73. The third-order valence-electron chi connectivity index (χ3n) is 4.79. The van der Waals surface area contributed by atoms with Crippen LogP contribution in [-0.4, -0.2) is 60.8 Å². The fourth-order valence-corrected chi connectivity index (χ4v) is 4.93. The maximum absolute atomic E-state index is 12.7. The molecule has 0 bridgehead atoms. The zero-order valence-corrected chi connectivity index (χ0v) is 16.3. The van der Waals surface area contributed by atoms with Gasteiger partial charge in [0.2, 0.25) is 10.0 Å². The molecule has 6 nitrogen and oxygen atoms in total. The fourth-order valence-electron chi connectivity index (χ4n) is 3.17. The molecule has 2 aromatic carbocycles. The summed E-state index contributed by atoms with van der Waals surface area (Å²) in [6, 6.07) is 15.5. The monoisotopic (exact) mass is 410 g/mol. The van der Waals surface area contributed by atoms with E-state index in [1.165, 1.54) is 12.1 Å². The number of rotatable bonds is 7. The van der Waals surface area contributed by atoms with E-state index in [0.29, 0.717) is 18.0 Å². The summed E-state index contributed by atoms with van der Waals surface area (Å²) in [6.45, 7) is 0.327. The Balaban J connectivity index is 1.59. The first-order chi connectivity index (χ1) is 12.8. The van der Waals surface area contributed by atoms with Gasteiger partial charge in [0.1, 0.15) is 5.60 Å². The van der Waals surface area contributed by atoms with E-state index >= 15 is 0 Å². The molecule has 1 saturated heterocycles. The molecule has 27 heavy (non-hydrogen) atoms. The Bertz CT molecular complexity index is 878. The van der Waals surface area contributed by atoms with Gasteiger partial charge in [0.05, 0.1) is 11.0 Å². The van der Waals surface area contributed by atoms with Crippen LogP contribution in [-0.2, 0) is 16.4 Å². The van der Waals surface area contributed by atoms with Gasteiger partial charge in [-0.1, -0.05) is 48.0 Å². The lowest BCUT2D eigenvalue weighted by Gasteiger charge is -2.26. The van der Waals surface area contributed by atoms with Gasteiger partial charge in [-0.2, -0.15) is 4.31 Å². The Morgan fingerprint density at radius 2 is 1.81 bits per heavy atom. The van der Waals surface area contributed by atoms with Crippen molar-refractivity contribution < 1.29 is 18.6 Å². The molecule has 0 saturated carbocycles. The molecule has 0 spiro atoms. The van der Waals surface area contributed by atoms with Crippen LogP contribution in [0, 0.1) is 0 Å². The minimum atomic E-state index is -3.75. The topological polar surface area (TPSA) is 89.9 Å². The van der Waals surface area contributed by atoms with Gasteiger partial charge in [-0.25, -0.2) is 8.42 Å². The van der Waals surface area contributed by atoms with Crippen LogP contribution in [0.2, 0.25) is 5.02 Å². The van der Waals surface area contributed by atoms with Gasteiger partial charge in [0.25, 0.3) is 0 Å². The van der Waals surface area contributed by atoms with E-state index in [4.69, 9.17) is 11.6 Å². The molecule has 0 unspecified atom stereocenters. The van der Waals surface area contributed by atoms with Crippen molar-refractivity contribution in [1.82, 2.24) is 9.62 Å². The zero-order chi connectivity index (χ0) is 19.5. The number of aliphatic hydroxyl groups excluding tert-OH is 1. The second-order valence-electron chi connectivity index (χ2n) is 6.75. The second kappa shape index (κ2) is 8.26. The van der Waals surface area contributed by atoms with Gasteiger partial charge < -0.3 is 15.5 Å². The number of hydrogen-bond donors (Lipinski definition) is 3. The number of benzene rings is 2. The first kappa shape index (κ1) is 20.3. The molecule has 8 heteroatoms. The molecule has 0 aromatic heterocycles. The average molecular weight is 411 g/mol. The van der Waals surface area contributed by atoms with E-state index in [-0.39, 0.29) is 24.5 Å². The number of nitrogens with one attached hydrogen (secondary N) is 1. The minimum Gasteiger partial charge on any atom is -0.389 e. The third-order valence-corrected chi connectivity index (χ3v) is 6.98. The largest absolute Gasteiger partial charge is 0.389 e. The van der Waals surface area contributed by atoms with E-state index in [0.717, 1.165) is 9.87 Å². The molecule has 2 aromatic rings. The number of halogens is 1. The summed E-state index contributed by atoms with van der Waals surface area (Å²) in [5.74, 6) is 0. The Kier molecular flexibility index (Phi) is 6.20. The van der Waals surface area contributed by atoms with E-state index in [2.05, 4.69) is 5.32 Å². The van der Waals surface area contributed by atoms with Crippen molar-refractivity contribution in [2.45, 2.75) is 23.0 Å². The van der Waals surface area contributed by atoms with Gasteiger partial charge >= 0.3 is 0 Å². The normalized spacial score (nSPS) is 23.6. The first-order valence-corrected chi connectivity index (χ1v) is 10.5. The number of nitrogens with zero attached hydrogens (tertiary/aromatic N) is 1. The molecule has 0 amide bonds.